The van der Waals surface area contributed by atoms with Crippen molar-refractivity contribution in [1.29, 1.82) is 0 Å². The second-order valence-corrected chi connectivity index (χ2v) is 9.20. The molecule has 0 unspecified atom stereocenters. The van der Waals surface area contributed by atoms with Crippen LogP contribution in [0.5, 0.6) is 0 Å². The van der Waals surface area contributed by atoms with Crippen LogP contribution in [-0.2, 0) is 19.4 Å². The first kappa shape index (κ1) is 22.6. The fourth-order valence-electron chi connectivity index (χ4n) is 2.82. The van der Waals surface area contributed by atoms with Crippen molar-refractivity contribution in [3.8, 4) is 0 Å². The van der Waals surface area contributed by atoms with Gasteiger partial charge in [0.25, 0.3) is 5.91 Å². The number of rotatable bonds is 7. The van der Waals surface area contributed by atoms with Crippen molar-refractivity contribution in [2.24, 2.45) is 0 Å². The van der Waals surface area contributed by atoms with Crippen molar-refractivity contribution in [3.63, 3.8) is 0 Å². The highest BCUT2D eigenvalue weighted by molar-refractivity contribution is 7.90. The van der Waals surface area contributed by atoms with Crippen LogP contribution < -0.4 is 5.32 Å². The van der Waals surface area contributed by atoms with E-state index >= 15 is 0 Å². The Kier molecular flexibility index (Phi) is 7.19. The van der Waals surface area contributed by atoms with Crippen molar-refractivity contribution < 1.29 is 22.7 Å². The Morgan fingerprint density at radius 2 is 1.76 bits per heavy atom. The number of hydrogen-bond acceptors (Lipinski definition) is 5. The molecule has 2 aromatic carbocycles. The highest BCUT2D eigenvalue weighted by Crippen LogP contribution is 2.26. The number of hydrogen-bond donors (Lipinski definition) is 1. The molecule has 0 spiro atoms. The lowest BCUT2D eigenvalue weighted by molar-refractivity contribution is -0.123. The number of aryl methyl sites for hydroxylation is 1. The Labute approximate surface area is 172 Å². The zero-order valence-electron chi connectivity index (χ0n) is 17.4. The molecule has 0 aliphatic carbocycles. The van der Waals surface area contributed by atoms with E-state index in [4.69, 9.17) is 4.74 Å². The first-order chi connectivity index (χ1) is 13.5. The van der Waals surface area contributed by atoms with Crippen LogP contribution in [0.25, 0.3) is 0 Å². The van der Waals surface area contributed by atoms with E-state index < -0.39 is 27.8 Å². The lowest BCUT2D eigenvalue weighted by Gasteiger charge is -2.18. The van der Waals surface area contributed by atoms with Crippen LogP contribution in [0, 0.1) is 6.92 Å². The largest absolute Gasteiger partial charge is 0.449 e. The molecule has 1 N–H and O–H groups in total. The standard InChI is InChI=1S/C22H27NO5S/c1-6-14(2)18-9-7-8-10-20(18)23-21(24)16(4)28-22(25)19-13-17(29(5,26)27)12-11-15(19)3/h7-14,16H,6H2,1-5H3,(H,23,24)/t14-,16+/m0/s1. The van der Waals surface area contributed by atoms with Gasteiger partial charge in [-0.2, -0.15) is 0 Å². The quantitative estimate of drug-likeness (QED) is 0.685. The Bertz CT molecular complexity index is 1010. The Morgan fingerprint density at radius 1 is 1.10 bits per heavy atom. The van der Waals surface area contributed by atoms with E-state index in [0.29, 0.717) is 11.3 Å². The zero-order valence-corrected chi connectivity index (χ0v) is 18.2. The summed E-state index contributed by atoms with van der Waals surface area (Å²) in [5.41, 5.74) is 2.38. The molecular formula is C22H27NO5S. The molecule has 2 rings (SSSR count). The minimum Gasteiger partial charge on any atom is -0.449 e. The first-order valence-corrected chi connectivity index (χ1v) is 11.3. The van der Waals surface area contributed by atoms with Crippen LogP contribution >= 0.6 is 0 Å². The maximum atomic E-state index is 12.6. The van der Waals surface area contributed by atoms with Gasteiger partial charge in [-0.15, -0.1) is 0 Å². The van der Waals surface area contributed by atoms with E-state index in [0.717, 1.165) is 18.2 Å². The van der Waals surface area contributed by atoms with Gasteiger partial charge in [-0.3, -0.25) is 4.79 Å². The van der Waals surface area contributed by atoms with Gasteiger partial charge in [0.15, 0.2) is 15.9 Å². The predicted molar refractivity (Wildman–Crippen MR) is 113 cm³/mol. The third-order valence-electron chi connectivity index (χ3n) is 4.87. The van der Waals surface area contributed by atoms with Gasteiger partial charge in [-0.1, -0.05) is 38.1 Å². The number of nitrogens with one attached hydrogen (secondary N) is 1. The van der Waals surface area contributed by atoms with Crippen molar-refractivity contribution in [2.45, 2.75) is 51.0 Å². The number of benzene rings is 2. The summed E-state index contributed by atoms with van der Waals surface area (Å²) in [5.74, 6) is -0.928. The van der Waals surface area contributed by atoms with Gasteiger partial charge in [0.2, 0.25) is 0 Å². The molecule has 0 radical (unpaired) electrons. The number of anilines is 1. The third kappa shape index (κ3) is 5.67. The van der Waals surface area contributed by atoms with Crippen LogP contribution in [0.15, 0.2) is 47.4 Å². The summed E-state index contributed by atoms with van der Waals surface area (Å²) in [6.07, 6.45) is 0.944. The maximum absolute atomic E-state index is 12.6. The van der Waals surface area contributed by atoms with Crippen molar-refractivity contribution in [2.75, 3.05) is 11.6 Å². The average Bonchev–Trinajstić information content (AvgIpc) is 2.67. The van der Waals surface area contributed by atoms with Gasteiger partial charge >= 0.3 is 5.97 Å². The van der Waals surface area contributed by atoms with Crippen LogP contribution in [0.1, 0.15) is 54.6 Å². The number of carbonyl (C=O) groups is 2. The summed E-state index contributed by atoms with van der Waals surface area (Å²) in [5, 5.41) is 2.82. The molecule has 0 aromatic heterocycles. The monoisotopic (exact) mass is 417 g/mol. The molecule has 0 saturated carbocycles. The molecule has 0 fully saturated rings. The molecule has 0 aliphatic heterocycles. The lowest BCUT2D eigenvalue weighted by atomic mass is 9.97. The molecule has 0 saturated heterocycles. The smallest absolute Gasteiger partial charge is 0.339 e. The summed E-state index contributed by atoms with van der Waals surface area (Å²) in [4.78, 5) is 25.1. The molecule has 29 heavy (non-hydrogen) atoms. The second-order valence-electron chi connectivity index (χ2n) is 7.18. The van der Waals surface area contributed by atoms with Crippen LogP contribution in [-0.4, -0.2) is 32.7 Å². The molecule has 7 heteroatoms. The third-order valence-corrected chi connectivity index (χ3v) is 5.98. The number of amides is 1. The molecule has 0 bridgehead atoms. The Morgan fingerprint density at radius 3 is 2.38 bits per heavy atom. The number of carbonyl (C=O) groups excluding carboxylic acids is 2. The maximum Gasteiger partial charge on any atom is 0.339 e. The fraction of sp³-hybridized carbons (Fsp3) is 0.364. The lowest BCUT2D eigenvalue weighted by Crippen LogP contribution is -2.30. The molecule has 1 amide bonds. The van der Waals surface area contributed by atoms with Crippen LogP contribution in [0.3, 0.4) is 0 Å². The minimum atomic E-state index is -3.46. The van der Waals surface area contributed by atoms with Gasteiger partial charge in [-0.05, 0) is 55.5 Å². The van der Waals surface area contributed by atoms with Crippen LogP contribution in [0.2, 0.25) is 0 Å². The molecule has 0 heterocycles. The molecule has 6 nitrogen and oxygen atoms in total. The van der Waals surface area contributed by atoms with E-state index in [2.05, 4.69) is 19.2 Å². The van der Waals surface area contributed by atoms with Crippen molar-refractivity contribution in [3.05, 3.63) is 59.2 Å². The van der Waals surface area contributed by atoms with E-state index in [-0.39, 0.29) is 16.4 Å². The summed E-state index contributed by atoms with van der Waals surface area (Å²) >= 11 is 0. The minimum absolute atomic E-state index is 0.0228. The summed E-state index contributed by atoms with van der Waals surface area (Å²) < 4.78 is 28.8. The molecule has 156 valence electrons. The molecule has 2 atom stereocenters. The number of esters is 1. The number of sulfone groups is 1. The number of para-hydroxylation sites is 1. The van der Waals surface area contributed by atoms with E-state index in [1.165, 1.54) is 19.1 Å². The second kappa shape index (κ2) is 9.22. The van der Waals surface area contributed by atoms with Gasteiger partial charge in [0.05, 0.1) is 10.5 Å². The highest BCUT2D eigenvalue weighted by Gasteiger charge is 2.22. The van der Waals surface area contributed by atoms with Gasteiger partial charge < -0.3 is 10.1 Å². The topological polar surface area (TPSA) is 89.5 Å². The zero-order chi connectivity index (χ0) is 21.8. The highest BCUT2D eigenvalue weighted by atomic mass is 32.2. The fourth-order valence-corrected chi connectivity index (χ4v) is 3.47. The Hall–Kier alpha value is -2.67. The molecule has 0 aliphatic rings. The average molecular weight is 418 g/mol. The van der Waals surface area contributed by atoms with Gasteiger partial charge in [0, 0.05) is 11.9 Å². The summed E-state index contributed by atoms with van der Waals surface area (Å²) in [6, 6.07) is 11.8. The summed E-state index contributed by atoms with van der Waals surface area (Å²) in [7, 11) is -3.46. The summed E-state index contributed by atoms with van der Waals surface area (Å²) in [6.45, 7) is 7.30. The van der Waals surface area contributed by atoms with Gasteiger partial charge in [0.1, 0.15) is 0 Å². The molecular weight excluding hydrogens is 390 g/mol. The van der Waals surface area contributed by atoms with Gasteiger partial charge in [-0.25, -0.2) is 13.2 Å². The number of ether oxygens (including phenoxy) is 1. The Balaban J connectivity index is 2.16. The SMILES string of the molecule is CC[C@H](C)c1ccccc1NC(=O)[C@@H](C)OC(=O)c1cc(S(C)(=O)=O)ccc1C. The van der Waals surface area contributed by atoms with E-state index in [1.54, 1.807) is 13.0 Å². The normalized spacial score (nSPS) is 13.4. The molecule has 2 aromatic rings. The van der Waals surface area contributed by atoms with E-state index in [1.807, 2.05) is 24.3 Å². The predicted octanol–water partition coefficient (Wildman–Crippen LogP) is 4.10. The first-order valence-electron chi connectivity index (χ1n) is 9.46. The van der Waals surface area contributed by atoms with E-state index in [9.17, 15) is 18.0 Å². The van der Waals surface area contributed by atoms with Crippen molar-refractivity contribution in [1.82, 2.24) is 0 Å². The van der Waals surface area contributed by atoms with Crippen molar-refractivity contribution >= 4 is 27.4 Å². The van der Waals surface area contributed by atoms with Crippen LogP contribution in [0.4, 0.5) is 5.69 Å².